The van der Waals surface area contributed by atoms with Crippen LogP contribution in [-0.2, 0) is 11.3 Å². The van der Waals surface area contributed by atoms with Gasteiger partial charge in [0.05, 0.1) is 24.6 Å². The number of urea groups is 1. The Morgan fingerprint density at radius 3 is 2.72 bits per heavy atom. The van der Waals surface area contributed by atoms with Crippen molar-refractivity contribution in [2.45, 2.75) is 33.4 Å². The Kier molecular flexibility index (Phi) is 5.97. The van der Waals surface area contributed by atoms with E-state index >= 15 is 0 Å². The predicted octanol–water partition coefficient (Wildman–Crippen LogP) is 4.88. The molecule has 2 amide bonds. The third kappa shape index (κ3) is 4.23. The lowest BCUT2D eigenvalue weighted by molar-refractivity contribution is 0.0425. The molecule has 1 aromatic heterocycles. The van der Waals surface area contributed by atoms with Gasteiger partial charge in [-0.05, 0) is 54.1 Å². The molecule has 0 fully saturated rings. The number of rotatable bonds is 4. The van der Waals surface area contributed by atoms with Crippen molar-refractivity contribution in [3.05, 3.63) is 75.2 Å². The average molecular weight is 441 g/mol. The van der Waals surface area contributed by atoms with Crippen LogP contribution in [0, 0.1) is 24.5 Å². The quantitative estimate of drug-likeness (QED) is 0.606. The second-order valence-electron chi connectivity index (χ2n) is 8.51. The molecule has 0 saturated heterocycles. The van der Waals surface area contributed by atoms with Crippen molar-refractivity contribution >= 4 is 22.5 Å². The van der Waals surface area contributed by atoms with Crippen LogP contribution >= 0.6 is 0 Å². The average Bonchev–Trinajstić information content (AvgIpc) is 2.74. The largest absolute Gasteiger partial charge is 0.373 e. The van der Waals surface area contributed by atoms with Crippen molar-refractivity contribution < 1.29 is 18.3 Å². The maximum Gasteiger partial charge on any atom is 0.322 e. The molecule has 0 saturated carbocycles. The lowest BCUT2D eigenvalue weighted by Gasteiger charge is -2.37. The van der Waals surface area contributed by atoms with Crippen molar-refractivity contribution in [3.63, 3.8) is 0 Å². The van der Waals surface area contributed by atoms with Gasteiger partial charge in [-0.2, -0.15) is 0 Å². The van der Waals surface area contributed by atoms with Gasteiger partial charge < -0.3 is 19.9 Å². The number of nitrogens with zero attached hydrogens (tertiary/aromatic N) is 1. The molecule has 4 rings (SSSR count). The summed E-state index contributed by atoms with van der Waals surface area (Å²) in [5, 5.41) is 3.67. The molecule has 168 valence electrons. The molecule has 2 N–H and O–H groups in total. The minimum absolute atomic E-state index is 0.146. The number of aryl methyl sites for hydroxylation is 1. The normalized spacial score (nSPS) is 15.6. The summed E-state index contributed by atoms with van der Waals surface area (Å²) < 4.78 is 33.2. The summed E-state index contributed by atoms with van der Waals surface area (Å²) in [6, 6.07) is 7.61. The van der Waals surface area contributed by atoms with Gasteiger partial charge >= 0.3 is 6.03 Å². The molecule has 32 heavy (non-hydrogen) atoms. The van der Waals surface area contributed by atoms with Crippen LogP contribution in [0.4, 0.5) is 19.3 Å². The fraction of sp³-hybridized carbons (Fsp3) is 0.333. The molecule has 8 heteroatoms. The van der Waals surface area contributed by atoms with E-state index in [1.165, 1.54) is 24.3 Å². The molecular formula is C24H25F2N3O3. The number of halogens is 2. The number of pyridine rings is 1. The first-order chi connectivity index (χ1) is 15.2. The number of fused-ring (bicyclic) bond motifs is 3. The number of amides is 2. The first-order valence-corrected chi connectivity index (χ1v) is 10.5. The molecule has 3 aromatic rings. The molecule has 0 aliphatic carbocycles. The lowest BCUT2D eigenvalue weighted by Crippen LogP contribution is -2.44. The van der Waals surface area contributed by atoms with E-state index in [4.69, 9.17) is 4.74 Å². The number of H-pyrrole nitrogens is 1. The highest BCUT2D eigenvalue weighted by atomic mass is 19.1. The summed E-state index contributed by atoms with van der Waals surface area (Å²) in [4.78, 5) is 30.3. The Morgan fingerprint density at radius 1 is 1.22 bits per heavy atom. The van der Waals surface area contributed by atoms with E-state index in [0.717, 1.165) is 5.56 Å². The van der Waals surface area contributed by atoms with Gasteiger partial charge in [-0.3, -0.25) is 4.79 Å². The van der Waals surface area contributed by atoms with Crippen LogP contribution in [0.3, 0.4) is 0 Å². The molecule has 0 radical (unpaired) electrons. The van der Waals surface area contributed by atoms with Crippen molar-refractivity contribution in [2.75, 3.05) is 18.5 Å². The lowest BCUT2D eigenvalue weighted by atomic mass is 9.95. The summed E-state index contributed by atoms with van der Waals surface area (Å²) in [6.07, 6.45) is 0. The molecule has 2 aromatic carbocycles. The summed E-state index contributed by atoms with van der Waals surface area (Å²) in [5.74, 6) is -0.707. The third-order valence-corrected chi connectivity index (χ3v) is 5.57. The van der Waals surface area contributed by atoms with Crippen LogP contribution in [-0.4, -0.2) is 29.1 Å². The number of aromatic amines is 1. The summed E-state index contributed by atoms with van der Waals surface area (Å²) >= 11 is 0. The monoisotopic (exact) mass is 441 g/mol. The predicted molar refractivity (Wildman–Crippen MR) is 119 cm³/mol. The third-order valence-electron chi connectivity index (χ3n) is 5.57. The number of benzene rings is 2. The number of aromatic nitrogens is 1. The summed E-state index contributed by atoms with van der Waals surface area (Å²) in [5.41, 5.74) is 1.83. The van der Waals surface area contributed by atoms with Gasteiger partial charge in [0.2, 0.25) is 0 Å². The second kappa shape index (κ2) is 8.70. The van der Waals surface area contributed by atoms with E-state index in [0.29, 0.717) is 28.9 Å². The molecule has 2 heterocycles. The van der Waals surface area contributed by atoms with Crippen molar-refractivity contribution in [1.82, 2.24) is 9.88 Å². The Labute approximate surface area is 184 Å². The number of nitrogens with one attached hydrogen (secondary N) is 2. The van der Waals surface area contributed by atoms with Crippen LogP contribution in [0.2, 0.25) is 0 Å². The van der Waals surface area contributed by atoms with E-state index in [-0.39, 0.29) is 36.4 Å². The van der Waals surface area contributed by atoms with E-state index < -0.39 is 17.4 Å². The molecule has 1 atom stereocenters. The number of hydrogen-bond donors (Lipinski definition) is 2. The summed E-state index contributed by atoms with van der Waals surface area (Å²) in [6.45, 7) is 6.46. The van der Waals surface area contributed by atoms with Crippen molar-refractivity contribution in [2.24, 2.45) is 5.92 Å². The Hall–Kier alpha value is -3.26. The highest BCUT2D eigenvalue weighted by molar-refractivity contribution is 5.91. The van der Waals surface area contributed by atoms with Gasteiger partial charge in [0.1, 0.15) is 11.6 Å². The zero-order valence-electron chi connectivity index (χ0n) is 18.2. The highest BCUT2D eigenvalue weighted by Gasteiger charge is 2.33. The number of carbonyl (C=O) groups is 1. The summed E-state index contributed by atoms with van der Waals surface area (Å²) in [7, 11) is 0. The number of carbonyl (C=O) groups excluding carboxylic acids is 1. The minimum atomic E-state index is -0.505. The standard InChI is InChI=1S/C24H25F2N3O3/c1-13(2)10-29(24(31)27-16-5-7-19(26)14(3)8-16)21-12-32-11-20-22(21)17-6-4-15(25)9-18(17)23(30)28-20/h4-9,13,21H,10-12H2,1-3H3,(H,27,31)(H,28,30)/t21-/m1/s1. The van der Waals surface area contributed by atoms with Crippen molar-refractivity contribution in [3.8, 4) is 0 Å². The highest BCUT2D eigenvalue weighted by Crippen LogP contribution is 2.34. The SMILES string of the molecule is Cc1cc(NC(=O)N(CC(C)C)[C@@H]2COCc3[nH]c(=O)c4cc(F)ccc4c32)ccc1F. The van der Waals surface area contributed by atoms with Crippen LogP contribution in [0.5, 0.6) is 0 Å². The van der Waals surface area contributed by atoms with Crippen LogP contribution in [0.25, 0.3) is 10.8 Å². The van der Waals surface area contributed by atoms with Crippen LogP contribution < -0.4 is 10.9 Å². The number of anilines is 1. The van der Waals surface area contributed by atoms with Gasteiger partial charge in [-0.15, -0.1) is 0 Å². The molecule has 0 bridgehead atoms. The van der Waals surface area contributed by atoms with Gasteiger partial charge in [0, 0.05) is 23.5 Å². The Bertz CT molecular complexity index is 1240. The van der Waals surface area contributed by atoms with E-state index in [1.807, 2.05) is 13.8 Å². The topological polar surface area (TPSA) is 74.4 Å². The fourth-order valence-electron chi connectivity index (χ4n) is 4.13. The van der Waals surface area contributed by atoms with E-state index in [1.54, 1.807) is 24.0 Å². The van der Waals surface area contributed by atoms with Crippen LogP contribution in [0.1, 0.15) is 36.7 Å². The zero-order valence-corrected chi connectivity index (χ0v) is 18.2. The Balaban J connectivity index is 1.77. The van der Waals surface area contributed by atoms with Gasteiger partial charge in [-0.1, -0.05) is 19.9 Å². The smallest absolute Gasteiger partial charge is 0.322 e. The minimum Gasteiger partial charge on any atom is -0.373 e. The molecule has 1 aliphatic heterocycles. The van der Waals surface area contributed by atoms with Gasteiger partial charge in [-0.25, -0.2) is 13.6 Å². The van der Waals surface area contributed by atoms with E-state index in [9.17, 15) is 18.4 Å². The maximum absolute atomic E-state index is 13.8. The fourth-order valence-corrected chi connectivity index (χ4v) is 4.13. The molecular weight excluding hydrogens is 416 g/mol. The molecule has 0 unspecified atom stereocenters. The number of hydrogen-bond acceptors (Lipinski definition) is 3. The second-order valence-corrected chi connectivity index (χ2v) is 8.51. The number of ether oxygens (including phenoxy) is 1. The molecule has 0 spiro atoms. The first kappa shape index (κ1) is 22.0. The van der Waals surface area contributed by atoms with Crippen molar-refractivity contribution in [1.29, 1.82) is 0 Å². The zero-order chi connectivity index (χ0) is 23.0. The van der Waals surface area contributed by atoms with Gasteiger partial charge in [0.25, 0.3) is 5.56 Å². The first-order valence-electron chi connectivity index (χ1n) is 10.5. The molecule has 6 nitrogen and oxygen atoms in total. The van der Waals surface area contributed by atoms with E-state index in [2.05, 4.69) is 10.3 Å². The molecule has 1 aliphatic rings. The van der Waals surface area contributed by atoms with Crippen LogP contribution in [0.15, 0.2) is 41.2 Å². The van der Waals surface area contributed by atoms with Gasteiger partial charge in [0.15, 0.2) is 0 Å². The Morgan fingerprint density at radius 2 is 2.00 bits per heavy atom. The maximum atomic E-state index is 13.8.